The Morgan fingerprint density at radius 2 is 1.89 bits per heavy atom. The highest BCUT2D eigenvalue weighted by atomic mass is 19.3. The number of hydrogen-bond donors (Lipinski definition) is 1. The zero-order chi connectivity index (χ0) is 13.7. The third-order valence-corrected chi connectivity index (χ3v) is 3.22. The number of hydrogen-bond acceptors (Lipinski definition) is 2. The van der Waals surface area contributed by atoms with Crippen LogP contribution in [0.3, 0.4) is 0 Å². The molecule has 5 heteroatoms. The van der Waals surface area contributed by atoms with Crippen LogP contribution in [0, 0.1) is 0 Å². The van der Waals surface area contributed by atoms with Gasteiger partial charge >= 0.3 is 0 Å². The molecule has 0 bridgehead atoms. The Kier molecular flexibility index (Phi) is 5.72. The van der Waals surface area contributed by atoms with Gasteiger partial charge in [-0.25, -0.2) is 8.78 Å². The predicted octanol–water partition coefficient (Wildman–Crippen LogP) is 2.55. The first kappa shape index (κ1) is 15.1. The summed E-state index contributed by atoms with van der Waals surface area (Å²) in [6.45, 7) is 5.68. The van der Waals surface area contributed by atoms with Crippen molar-refractivity contribution in [1.29, 1.82) is 0 Å². The van der Waals surface area contributed by atoms with Gasteiger partial charge in [-0.1, -0.05) is 20.8 Å². The summed E-state index contributed by atoms with van der Waals surface area (Å²) in [6.07, 6.45) is 0.714. The van der Waals surface area contributed by atoms with Gasteiger partial charge in [0.05, 0.1) is 5.69 Å². The van der Waals surface area contributed by atoms with E-state index in [2.05, 4.69) is 5.10 Å². The van der Waals surface area contributed by atoms with Crippen molar-refractivity contribution in [3.05, 3.63) is 17.0 Å². The van der Waals surface area contributed by atoms with Crippen LogP contribution in [0.25, 0.3) is 0 Å². The van der Waals surface area contributed by atoms with Crippen LogP contribution in [-0.2, 0) is 25.8 Å². The summed E-state index contributed by atoms with van der Waals surface area (Å²) in [4.78, 5) is 0. The van der Waals surface area contributed by atoms with E-state index in [4.69, 9.17) is 5.73 Å². The first-order chi connectivity index (χ1) is 8.53. The van der Waals surface area contributed by atoms with Crippen LogP contribution in [-0.4, -0.2) is 22.2 Å². The van der Waals surface area contributed by atoms with E-state index in [1.807, 2.05) is 20.8 Å². The fourth-order valence-electron chi connectivity index (χ4n) is 2.19. The standard InChI is InChI=1S/C13H23F2N3/c1-4-9(16)7-10-11(5-2)17-18(8-13(14)15)12(10)6-3/h9,13H,4-8,16H2,1-3H3. The maximum absolute atomic E-state index is 12.5. The van der Waals surface area contributed by atoms with Crippen LogP contribution in [0.2, 0.25) is 0 Å². The molecule has 0 amide bonds. The van der Waals surface area contributed by atoms with E-state index >= 15 is 0 Å². The van der Waals surface area contributed by atoms with Gasteiger partial charge < -0.3 is 5.73 Å². The molecule has 1 atom stereocenters. The third kappa shape index (κ3) is 3.51. The van der Waals surface area contributed by atoms with Gasteiger partial charge in [-0.2, -0.15) is 5.10 Å². The molecule has 0 fully saturated rings. The fourth-order valence-corrected chi connectivity index (χ4v) is 2.19. The van der Waals surface area contributed by atoms with E-state index in [9.17, 15) is 8.78 Å². The summed E-state index contributed by atoms with van der Waals surface area (Å²) >= 11 is 0. The van der Waals surface area contributed by atoms with Crippen molar-refractivity contribution < 1.29 is 8.78 Å². The van der Waals surface area contributed by atoms with E-state index in [0.717, 1.165) is 36.2 Å². The number of aromatic nitrogens is 2. The third-order valence-electron chi connectivity index (χ3n) is 3.22. The molecule has 1 heterocycles. The second kappa shape index (κ2) is 6.83. The van der Waals surface area contributed by atoms with E-state index in [0.29, 0.717) is 6.42 Å². The maximum Gasteiger partial charge on any atom is 0.257 e. The fraction of sp³-hybridized carbons (Fsp3) is 0.769. The lowest BCUT2D eigenvalue weighted by atomic mass is 10.00. The lowest BCUT2D eigenvalue weighted by Crippen LogP contribution is -2.22. The van der Waals surface area contributed by atoms with E-state index in [-0.39, 0.29) is 12.6 Å². The monoisotopic (exact) mass is 259 g/mol. The molecule has 0 aliphatic heterocycles. The molecule has 104 valence electrons. The number of aryl methyl sites for hydroxylation is 1. The SMILES string of the molecule is CCc1nn(CC(F)F)c(CC)c1CC(N)CC. The molecule has 0 aliphatic carbocycles. The van der Waals surface area contributed by atoms with Crippen LogP contribution in [0.1, 0.15) is 44.1 Å². The lowest BCUT2D eigenvalue weighted by Gasteiger charge is -2.11. The molecule has 3 nitrogen and oxygen atoms in total. The van der Waals surface area contributed by atoms with Crippen LogP contribution in [0.15, 0.2) is 0 Å². The number of nitrogens with zero attached hydrogens (tertiary/aromatic N) is 2. The molecule has 0 saturated heterocycles. The largest absolute Gasteiger partial charge is 0.327 e. The topological polar surface area (TPSA) is 43.8 Å². The second-order valence-corrected chi connectivity index (χ2v) is 4.52. The molecular weight excluding hydrogens is 236 g/mol. The van der Waals surface area contributed by atoms with Crippen LogP contribution < -0.4 is 5.73 Å². The van der Waals surface area contributed by atoms with Gasteiger partial charge in [0.1, 0.15) is 6.54 Å². The number of rotatable bonds is 7. The number of alkyl halides is 2. The Bertz CT molecular complexity index is 375. The van der Waals surface area contributed by atoms with Crippen molar-refractivity contribution in [2.75, 3.05) is 0 Å². The van der Waals surface area contributed by atoms with Crippen molar-refractivity contribution in [3.8, 4) is 0 Å². The van der Waals surface area contributed by atoms with Crippen LogP contribution >= 0.6 is 0 Å². The van der Waals surface area contributed by atoms with Gasteiger partial charge in [0.25, 0.3) is 6.43 Å². The average Bonchev–Trinajstić information content (AvgIpc) is 2.65. The molecule has 2 N–H and O–H groups in total. The van der Waals surface area contributed by atoms with Gasteiger partial charge in [-0.05, 0) is 31.2 Å². The molecule has 1 rings (SSSR count). The van der Waals surface area contributed by atoms with Crippen molar-refractivity contribution in [3.63, 3.8) is 0 Å². The molecular formula is C13H23F2N3. The molecule has 1 aromatic heterocycles. The summed E-state index contributed by atoms with van der Waals surface area (Å²) in [5.41, 5.74) is 8.88. The van der Waals surface area contributed by atoms with Crippen LogP contribution in [0.4, 0.5) is 8.78 Å². The van der Waals surface area contributed by atoms with Gasteiger partial charge in [0, 0.05) is 11.7 Å². The first-order valence-electron chi connectivity index (χ1n) is 6.64. The highest BCUT2D eigenvalue weighted by Crippen LogP contribution is 2.19. The van der Waals surface area contributed by atoms with E-state index in [1.54, 1.807) is 0 Å². The molecule has 1 unspecified atom stereocenters. The van der Waals surface area contributed by atoms with Crippen molar-refractivity contribution in [1.82, 2.24) is 9.78 Å². The molecule has 0 saturated carbocycles. The van der Waals surface area contributed by atoms with Crippen molar-refractivity contribution >= 4 is 0 Å². The van der Waals surface area contributed by atoms with Gasteiger partial charge in [0.15, 0.2) is 0 Å². The summed E-state index contributed by atoms with van der Waals surface area (Å²) in [5.74, 6) is 0. The normalized spacial score (nSPS) is 13.3. The Balaban J connectivity index is 3.08. The molecule has 0 aromatic carbocycles. The molecule has 18 heavy (non-hydrogen) atoms. The Morgan fingerprint density at radius 3 is 2.33 bits per heavy atom. The van der Waals surface area contributed by atoms with E-state index < -0.39 is 6.43 Å². The summed E-state index contributed by atoms with van der Waals surface area (Å²) in [6, 6.07) is 0.0739. The summed E-state index contributed by atoms with van der Waals surface area (Å²) in [5, 5.41) is 4.31. The minimum Gasteiger partial charge on any atom is -0.327 e. The predicted molar refractivity (Wildman–Crippen MR) is 69.0 cm³/mol. The summed E-state index contributed by atoms with van der Waals surface area (Å²) in [7, 11) is 0. The Morgan fingerprint density at radius 1 is 1.22 bits per heavy atom. The highest BCUT2D eigenvalue weighted by molar-refractivity contribution is 5.28. The molecule has 0 spiro atoms. The van der Waals surface area contributed by atoms with Gasteiger partial charge in [0.2, 0.25) is 0 Å². The quantitative estimate of drug-likeness (QED) is 0.817. The average molecular weight is 259 g/mol. The lowest BCUT2D eigenvalue weighted by molar-refractivity contribution is 0.120. The van der Waals surface area contributed by atoms with Crippen molar-refractivity contribution in [2.24, 2.45) is 5.73 Å². The van der Waals surface area contributed by atoms with Crippen molar-refractivity contribution in [2.45, 2.75) is 65.5 Å². The van der Waals surface area contributed by atoms with E-state index in [1.165, 1.54) is 4.68 Å². The number of nitrogens with two attached hydrogens (primary N) is 1. The zero-order valence-electron chi connectivity index (χ0n) is 11.4. The van der Waals surface area contributed by atoms with Gasteiger partial charge in [-0.15, -0.1) is 0 Å². The first-order valence-corrected chi connectivity index (χ1v) is 6.64. The summed E-state index contributed by atoms with van der Waals surface area (Å²) < 4.78 is 26.5. The highest BCUT2D eigenvalue weighted by Gasteiger charge is 2.19. The minimum absolute atomic E-state index is 0.0739. The van der Waals surface area contributed by atoms with Crippen LogP contribution in [0.5, 0.6) is 0 Å². The minimum atomic E-state index is -2.37. The number of halogens is 2. The molecule has 0 aliphatic rings. The Hall–Kier alpha value is -0.970. The molecule has 1 aromatic rings. The maximum atomic E-state index is 12.5. The van der Waals surface area contributed by atoms with Gasteiger partial charge in [-0.3, -0.25) is 4.68 Å². The zero-order valence-corrected chi connectivity index (χ0v) is 11.4. The smallest absolute Gasteiger partial charge is 0.257 e. The molecule has 0 radical (unpaired) electrons. The second-order valence-electron chi connectivity index (χ2n) is 4.52. The Labute approximate surface area is 107 Å².